The smallest absolute Gasteiger partial charge is 0.261 e. The SMILES string of the molecule is CC(C)(C)[Si](OCC1=C2[C@@H](CC/C(=C/c3cc(Br)ccc3O)c3ccccc3)OC[C@@H]2[C@@H]2C(=O)N(Cc3cccs3)C(=O)[C@@H]2C1)(c1ccccc1)c1ccccc1. The van der Waals surface area contributed by atoms with Gasteiger partial charge in [-0.1, -0.05) is 134 Å². The number of carbonyl (C=O) groups excluding carboxylic acids is 2. The summed E-state index contributed by atoms with van der Waals surface area (Å²) < 4.78 is 15.2. The maximum Gasteiger partial charge on any atom is 0.261 e. The molecular formula is C48H48BrNO5SSi. The van der Waals surface area contributed by atoms with E-state index in [4.69, 9.17) is 9.16 Å². The molecule has 8 rings (SSSR count). The molecule has 9 heteroatoms. The maximum atomic E-state index is 14.3. The van der Waals surface area contributed by atoms with Crippen LogP contribution in [0.1, 0.15) is 56.0 Å². The van der Waals surface area contributed by atoms with Crippen LogP contribution < -0.4 is 10.4 Å². The quantitative estimate of drug-likeness (QED) is 0.0586. The molecule has 1 aromatic heterocycles. The summed E-state index contributed by atoms with van der Waals surface area (Å²) in [4.78, 5) is 31.1. The van der Waals surface area contributed by atoms with Crippen LogP contribution in [0.4, 0.5) is 0 Å². The lowest BCUT2D eigenvalue weighted by Gasteiger charge is -2.44. The van der Waals surface area contributed by atoms with Crippen LogP contribution in [0.15, 0.2) is 142 Å². The summed E-state index contributed by atoms with van der Waals surface area (Å²) in [6.07, 6.45) is 3.61. The summed E-state index contributed by atoms with van der Waals surface area (Å²) in [7, 11) is -2.93. The predicted molar refractivity (Wildman–Crippen MR) is 235 cm³/mol. The van der Waals surface area contributed by atoms with Gasteiger partial charge in [0.1, 0.15) is 5.75 Å². The topological polar surface area (TPSA) is 76.1 Å². The molecule has 1 aliphatic carbocycles. The van der Waals surface area contributed by atoms with Crippen molar-refractivity contribution < 1.29 is 23.9 Å². The van der Waals surface area contributed by atoms with Gasteiger partial charge >= 0.3 is 0 Å². The molecule has 1 N–H and O–H groups in total. The fourth-order valence-electron chi connectivity index (χ4n) is 9.41. The van der Waals surface area contributed by atoms with Crippen LogP contribution in [0.25, 0.3) is 11.6 Å². The van der Waals surface area contributed by atoms with Crippen LogP contribution in [0.2, 0.25) is 5.04 Å². The molecule has 5 aromatic rings. The maximum absolute atomic E-state index is 14.3. The van der Waals surface area contributed by atoms with E-state index in [0.717, 1.165) is 37.2 Å². The first-order valence-electron chi connectivity index (χ1n) is 19.8. The van der Waals surface area contributed by atoms with E-state index in [1.165, 1.54) is 15.3 Å². The largest absolute Gasteiger partial charge is 0.507 e. The van der Waals surface area contributed by atoms with Crippen molar-refractivity contribution in [3.8, 4) is 5.75 Å². The highest BCUT2D eigenvalue weighted by atomic mass is 79.9. The van der Waals surface area contributed by atoms with E-state index in [0.29, 0.717) is 39.0 Å². The molecule has 2 saturated heterocycles. The Morgan fingerprint density at radius 1 is 0.895 bits per heavy atom. The number of imide groups is 1. The molecule has 2 amide bonds. The average Bonchev–Trinajstić information content (AvgIpc) is 3.95. The number of amides is 2. The lowest BCUT2D eigenvalue weighted by atomic mass is 9.69. The van der Waals surface area contributed by atoms with E-state index in [1.807, 2.05) is 60.0 Å². The number of phenolic OH excluding ortho intramolecular Hbond substituents is 1. The number of nitrogens with zero attached hydrogens (tertiary/aromatic N) is 1. The number of ether oxygens (including phenoxy) is 1. The number of allylic oxidation sites excluding steroid dienone is 1. The first-order valence-corrected chi connectivity index (χ1v) is 23.3. The van der Waals surface area contributed by atoms with Gasteiger partial charge in [0.15, 0.2) is 0 Å². The number of benzene rings is 4. The van der Waals surface area contributed by atoms with Gasteiger partial charge in [-0.2, -0.15) is 0 Å². The third-order valence-corrected chi connectivity index (χ3v) is 18.3. The van der Waals surface area contributed by atoms with Crippen LogP contribution >= 0.6 is 27.3 Å². The Morgan fingerprint density at radius 2 is 1.56 bits per heavy atom. The summed E-state index contributed by atoms with van der Waals surface area (Å²) in [5.74, 6) is -1.10. The number of likely N-dealkylation sites (tertiary alicyclic amines) is 1. The summed E-state index contributed by atoms with van der Waals surface area (Å²) in [5.41, 5.74) is 5.09. The fourth-order valence-corrected chi connectivity index (χ4v) is 15.0. The molecule has 2 fully saturated rings. The normalized spacial score (nSPS) is 21.3. The Balaban J connectivity index is 1.18. The minimum absolute atomic E-state index is 0.0906. The van der Waals surface area contributed by atoms with Gasteiger partial charge in [-0.25, -0.2) is 0 Å². The number of hydrogen-bond acceptors (Lipinski definition) is 6. The Labute approximate surface area is 349 Å². The molecule has 0 spiro atoms. The Hall–Kier alpha value is -4.38. The van der Waals surface area contributed by atoms with Crippen LogP contribution in [-0.4, -0.2) is 49.5 Å². The summed E-state index contributed by atoms with van der Waals surface area (Å²) in [5, 5.41) is 15.0. The molecule has 292 valence electrons. The van der Waals surface area contributed by atoms with E-state index in [-0.39, 0.29) is 34.6 Å². The van der Waals surface area contributed by atoms with E-state index < -0.39 is 20.2 Å². The molecule has 0 unspecified atom stereocenters. The van der Waals surface area contributed by atoms with Gasteiger partial charge in [0, 0.05) is 20.8 Å². The number of carbonyl (C=O) groups is 2. The van der Waals surface area contributed by atoms with Crippen molar-refractivity contribution in [1.82, 2.24) is 4.90 Å². The van der Waals surface area contributed by atoms with Gasteiger partial charge in [-0.05, 0) is 92.7 Å². The second kappa shape index (κ2) is 16.5. The number of aromatic hydroxyl groups is 1. The Bertz CT molecular complexity index is 2250. The van der Waals surface area contributed by atoms with Gasteiger partial charge < -0.3 is 14.3 Å². The minimum atomic E-state index is -2.93. The van der Waals surface area contributed by atoms with Crippen LogP contribution in [0, 0.1) is 17.8 Å². The molecule has 2 aliphatic heterocycles. The Kier molecular flexibility index (Phi) is 11.4. The van der Waals surface area contributed by atoms with E-state index >= 15 is 0 Å². The van der Waals surface area contributed by atoms with Gasteiger partial charge in [0.25, 0.3) is 8.32 Å². The van der Waals surface area contributed by atoms with Gasteiger partial charge in [-0.15, -0.1) is 11.3 Å². The molecular weight excluding hydrogens is 811 g/mol. The molecule has 6 nitrogen and oxygen atoms in total. The van der Waals surface area contributed by atoms with Crippen molar-refractivity contribution in [2.45, 2.75) is 57.7 Å². The molecule has 0 saturated carbocycles. The summed E-state index contributed by atoms with van der Waals surface area (Å²) in [6, 6.07) is 40.9. The molecule has 0 radical (unpaired) electrons. The monoisotopic (exact) mass is 857 g/mol. The highest BCUT2D eigenvalue weighted by molar-refractivity contribution is 9.10. The molecule has 3 heterocycles. The second-order valence-corrected chi connectivity index (χ2v) is 22.6. The van der Waals surface area contributed by atoms with Crippen molar-refractivity contribution in [3.63, 3.8) is 0 Å². The lowest BCUT2D eigenvalue weighted by molar-refractivity contribution is -0.140. The number of phenols is 1. The lowest BCUT2D eigenvalue weighted by Crippen LogP contribution is -2.66. The molecule has 4 aromatic carbocycles. The third kappa shape index (κ3) is 7.68. The fraction of sp³-hybridized carbons (Fsp3) is 0.292. The van der Waals surface area contributed by atoms with Gasteiger partial charge in [-0.3, -0.25) is 14.5 Å². The van der Waals surface area contributed by atoms with Crippen molar-refractivity contribution in [1.29, 1.82) is 0 Å². The van der Waals surface area contributed by atoms with Gasteiger partial charge in [0.05, 0.1) is 37.7 Å². The molecule has 3 aliphatic rings. The first-order chi connectivity index (χ1) is 27.5. The number of hydrogen-bond donors (Lipinski definition) is 1. The zero-order valence-electron chi connectivity index (χ0n) is 32.6. The number of rotatable bonds is 12. The van der Waals surface area contributed by atoms with Crippen LogP contribution in [0.3, 0.4) is 0 Å². The second-order valence-electron chi connectivity index (χ2n) is 16.4. The highest BCUT2D eigenvalue weighted by Gasteiger charge is 2.58. The van der Waals surface area contributed by atoms with Crippen molar-refractivity contribution in [2.75, 3.05) is 13.2 Å². The van der Waals surface area contributed by atoms with E-state index in [1.54, 1.807) is 17.4 Å². The zero-order chi connectivity index (χ0) is 39.7. The third-order valence-electron chi connectivity index (χ3n) is 12.0. The first kappa shape index (κ1) is 39.4. The Morgan fingerprint density at radius 3 is 2.19 bits per heavy atom. The summed E-state index contributed by atoms with van der Waals surface area (Å²) in [6.45, 7) is 7.87. The van der Waals surface area contributed by atoms with Crippen molar-refractivity contribution in [2.24, 2.45) is 17.8 Å². The number of fused-ring (bicyclic) bond motifs is 3. The van der Waals surface area contributed by atoms with Crippen molar-refractivity contribution >= 4 is 69.4 Å². The van der Waals surface area contributed by atoms with E-state index in [9.17, 15) is 14.7 Å². The molecule has 4 atom stereocenters. The standard InChI is InChI=1S/C48H48BrNO5SSi/c1-48(2,3)57(38-17-9-5-10-18-38,39-19-11-6-12-20-39)55-30-35-28-40-45(47(53)50(46(40)52)29-37-16-13-25-56-37)41-31-54-43(44(35)41)24-21-33(32-14-7-4-8-15-32)26-34-27-36(49)22-23-42(34)51/h4-20,22-23,25-27,40-41,43,45,51H,21,24,28-31H2,1-3H3/b33-26-/t40-,41+,43-,45-/m1/s1. The zero-order valence-corrected chi connectivity index (χ0v) is 36.0. The highest BCUT2D eigenvalue weighted by Crippen LogP contribution is 2.51. The molecule has 57 heavy (non-hydrogen) atoms. The average molecular weight is 859 g/mol. The van der Waals surface area contributed by atoms with Crippen LogP contribution in [0.5, 0.6) is 5.75 Å². The van der Waals surface area contributed by atoms with Crippen LogP contribution in [-0.2, 0) is 25.3 Å². The van der Waals surface area contributed by atoms with E-state index in [2.05, 4.69) is 103 Å². The number of thiophene rings is 1. The van der Waals surface area contributed by atoms with Crippen molar-refractivity contribution in [3.05, 3.63) is 158 Å². The summed E-state index contributed by atoms with van der Waals surface area (Å²) >= 11 is 5.14. The predicted octanol–water partition coefficient (Wildman–Crippen LogP) is 9.63. The number of halogens is 1. The minimum Gasteiger partial charge on any atom is -0.507 e. The molecule has 0 bridgehead atoms. The van der Waals surface area contributed by atoms with Gasteiger partial charge in [0.2, 0.25) is 11.8 Å².